The van der Waals surface area contributed by atoms with Crippen molar-refractivity contribution in [2.24, 2.45) is 0 Å². The van der Waals surface area contributed by atoms with Gasteiger partial charge in [0.15, 0.2) is 0 Å². The van der Waals surface area contributed by atoms with Crippen molar-refractivity contribution in [2.45, 2.75) is 32.0 Å². The number of fused-ring (bicyclic) bond motifs is 1. The van der Waals surface area contributed by atoms with Crippen LogP contribution in [0.5, 0.6) is 0 Å². The number of nitrogens with zero attached hydrogens (tertiary/aromatic N) is 1. The van der Waals surface area contributed by atoms with E-state index in [1.165, 1.54) is 0 Å². The van der Waals surface area contributed by atoms with Crippen LogP contribution in [0.25, 0.3) is 11.1 Å². The van der Waals surface area contributed by atoms with Gasteiger partial charge in [-0.2, -0.15) is 0 Å². The quantitative estimate of drug-likeness (QED) is 0.848. The van der Waals surface area contributed by atoms with E-state index in [2.05, 4.69) is 30.2 Å². The largest absolute Gasteiger partial charge is 0.392 e. The zero-order valence-electron chi connectivity index (χ0n) is 12.1. The number of hydrogen-bond acceptors (Lipinski definition) is 4. The molecule has 0 aliphatic carbocycles. The number of carbonyl (C=O) groups is 1. The van der Waals surface area contributed by atoms with E-state index in [1.54, 1.807) is 12.4 Å². The van der Waals surface area contributed by atoms with E-state index in [0.29, 0.717) is 0 Å². The highest BCUT2D eigenvalue weighted by Gasteiger charge is 2.35. The summed E-state index contributed by atoms with van der Waals surface area (Å²) in [5, 5.41) is 12.5. The Hall–Kier alpha value is -2.04. The third-order valence-corrected chi connectivity index (χ3v) is 4.02. The van der Waals surface area contributed by atoms with Crippen molar-refractivity contribution in [3.05, 3.63) is 53.3 Å². The minimum atomic E-state index is -0.244. The first-order valence-electron chi connectivity index (χ1n) is 6.98. The molecule has 4 heteroatoms. The van der Waals surface area contributed by atoms with Crippen LogP contribution in [0.2, 0.25) is 0 Å². The summed E-state index contributed by atoms with van der Waals surface area (Å²) in [6.45, 7) is 4.12. The van der Waals surface area contributed by atoms with E-state index in [0.717, 1.165) is 34.1 Å². The number of nitrogens with one attached hydrogen (secondary N) is 1. The average Bonchev–Trinajstić information content (AvgIpc) is 2.78. The normalized spacial score (nSPS) is 19.3. The smallest absolute Gasteiger partial charge is 0.141 e. The predicted octanol–water partition coefficient (Wildman–Crippen LogP) is 2.32. The summed E-state index contributed by atoms with van der Waals surface area (Å²) in [4.78, 5) is 15.4. The van der Waals surface area contributed by atoms with Crippen LogP contribution in [0.15, 0.2) is 36.7 Å². The number of aliphatic hydroxyl groups is 1. The Morgan fingerprint density at radius 3 is 2.81 bits per heavy atom. The van der Waals surface area contributed by atoms with Crippen LogP contribution in [0, 0.1) is 0 Å². The highest BCUT2D eigenvalue weighted by atomic mass is 16.3. The van der Waals surface area contributed by atoms with Crippen molar-refractivity contribution in [1.82, 2.24) is 10.3 Å². The van der Waals surface area contributed by atoms with Crippen molar-refractivity contribution >= 4 is 6.29 Å². The van der Waals surface area contributed by atoms with Crippen LogP contribution >= 0.6 is 0 Å². The Labute approximate surface area is 123 Å². The van der Waals surface area contributed by atoms with Gasteiger partial charge in [0.2, 0.25) is 0 Å². The molecule has 1 aromatic carbocycles. The lowest BCUT2D eigenvalue weighted by Gasteiger charge is -2.20. The van der Waals surface area contributed by atoms with E-state index in [-0.39, 0.29) is 18.2 Å². The first kappa shape index (κ1) is 13.9. The van der Waals surface area contributed by atoms with E-state index in [1.807, 2.05) is 18.2 Å². The van der Waals surface area contributed by atoms with Gasteiger partial charge < -0.3 is 9.90 Å². The number of aliphatic hydroxyl groups excluding tert-OH is 1. The highest BCUT2D eigenvalue weighted by Crippen LogP contribution is 2.38. The fourth-order valence-electron chi connectivity index (χ4n) is 2.93. The maximum absolute atomic E-state index is 11.2. The fraction of sp³-hybridized carbons (Fsp3) is 0.294. The molecule has 3 rings (SSSR count). The second kappa shape index (κ2) is 5.06. The topological polar surface area (TPSA) is 62.2 Å². The lowest BCUT2D eigenvalue weighted by atomic mass is 9.90. The van der Waals surface area contributed by atoms with E-state index >= 15 is 0 Å². The predicted molar refractivity (Wildman–Crippen MR) is 80.6 cm³/mol. The molecular weight excluding hydrogens is 264 g/mol. The summed E-state index contributed by atoms with van der Waals surface area (Å²) in [5.41, 5.74) is 4.72. The van der Waals surface area contributed by atoms with E-state index in [9.17, 15) is 9.90 Å². The second-order valence-electron chi connectivity index (χ2n) is 5.93. The van der Waals surface area contributed by atoms with E-state index in [4.69, 9.17) is 0 Å². The molecular formula is C17H18N2O2. The van der Waals surface area contributed by atoms with Gasteiger partial charge in [0, 0.05) is 23.5 Å². The van der Waals surface area contributed by atoms with Crippen LogP contribution in [-0.2, 0) is 16.9 Å². The minimum Gasteiger partial charge on any atom is -0.392 e. The molecule has 0 amide bonds. The molecule has 0 bridgehead atoms. The number of aromatic nitrogens is 1. The van der Waals surface area contributed by atoms with Crippen LogP contribution in [0.3, 0.4) is 0 Å². The van der Waals surface area contributed by atoms with Crippen molar-refractivity contribution in [1.29, 1.82) is 0 Å². The van der Waals surface area contributed by atoms with Crippen LogP contribution in [0.1, 0.15) is 36.6 Å². The van der Waals surface area contributed by atoms with Crippen molar-refractivity contribution < 1.29 is 9.90 Å². The molecule has 1 aliphatic rings. The minimum absolute atomic E-state index is 0.0218. The van der Waals surface area contributed by atoms with Gasteiger partial charge in [0.25, 0.3) is 0 Å². The standard InChI is InChI=1S/C17H18N2O2/c1-17(2)15-6-12(3-4-14(15)16(10-21)19-17)13-5-11(9-20)7-18-8-13/h3-8,10,16,19-20H,9H2,1-2H3. The number of benzene rings is 1. The molecule has 0 fully saturated rings. The lowest BCUT2D eigenvalue weighted by Crippen LogP contribution is -2.32. The number of pyridine rings is 1. The Bertz CT molecular complexity index is 695. The zero-order valence-corrected chi connectivity index (χ0v) is 12.1. The molecule has 1 atom stereocenters. The number of aldehydes is 1. The first-order valence-corrected chi connectivity index (χ1v) is 6.98. The second-order valence-corrected chi connectivity index (χ2v) is 5.93. The van der Waals surface area contributed by atoms with Crippen LogP contribution < -0.4 is 5.32 Å². The number of carbonyl (C=O) groups excluding carboxylic acids is 1. The van der Waals surface area contributed by atoms with Gasteiger partial charge in [0.1, 0.15) is 6.29 Å². The maximum atomic E-state index is 11.2. The molecule has 0 spiro atoms. The summed E-state index contributed by atoms with van der Waals surface area (Å²) in [6, 6.07) is 7.78. The van der Waals surface area contributed by atoms with Gasteiger partial charge in [-0.1, -0.05) is 12.1 Å². The molecule has 108 valence electrons. The Morgan fingerprint density at radius 1 is 1.29 bits per heavy atom. The number of rotatable bonds is 3. The molecule has 0 saturated carbocycles. The lowest BCUT2D eigenvalue weighted by molar-refractivity contribution is -0.109. The van der Waals surface area contributed by atoms with Gasteiger partial charge in [-0.05, 0) is 48.2 Å². The van der Waals surface area contributed by atoms with Crippen molar-refractivity contribution in [3.8, 4) is 11.1 Å². The maximum Gasteiger partial charge on any atom is 0.141 e. The molecule has 2 aromatic rings. The Morgan fingerprint density at radius 2 is 2.10 bits per heavy atom. The van der Waals surface area contributed by atoms with Crippen molar-refractivity contribution in [2.75, 3.05) is 0 Å². The van der Waals surface area contributed by atoms with Gasteiger partial charge in [0.05, 0.1) is 12.6 Å². The summed E-state index contributed by atoms with van der Waals surface area (Å²) in [7, 11) is 0. The van der Waals surface area contributed by atoms with Crippen LogP contribution in [-0.4, -0.2) is 16.4 Å². The number of hydrogen-bond donors (Lipinski definition) is 2. The molecule has 4 nitrogen and oxygen atoms in total. The SMILES string of the molecule is CC1(C)NC(C=O)c2ccc(-c3cncc(CO)c3)cc21. The van der Waals surface area contributed by atoms with Gasteiger partial charge in [-0.15, -0.1) is 0 Å². The van der Waals surface area contributed by atoms with Gasteiger partial charge in [-0.25, -0.2) is 0 Å². The summed E-state index contributed by atoms with van der Waals surface area (Å²) < 4.78 is 0. The van der Waals surface area contributed by atoms with E-state index < -0.39 is 0 Å². The monoisotopic (exact) mass is 282 g/mol. The third kappa shape index (κ3) is 2.37. The molecule has 2 N–H and O–H groups in total. The molecule has 21 heavy (non-hydrogen) atoms. The summed E-state index contributed by atoms with van der Waals surface area (Å²) >= 11 is 0. The Kier molecular flexibility index (Phi) is 3.35. The zero-order chi connectivity index (χ0) is 15.0. The summed E-state index contributed by atoms with van der Waals surface area (Å²) in [5.74, 6) is 0. The molecule has 1 aliphatic heterocycles. The van der Waals surface area contributed by atoms with Crippen LogP contribution in [0.4, 0.5) is 0 Å². The summed E-state index contributed by atoms with van der Waals surface area (Å²) in [6.07, 6.45) is 4.39. The molecule has 0 radical (unpaired) electrons. The average molecular weight is 282 g/mol. The molecule has 1 aromatic heterocycles. The van der Waals surface area contributed by atoms with Crippen molar-refractivity contribution in [3.63, 3.8) is 0 Å². The molecule has 0 saturated heterocycles. The highest BCUT2D eigenvalue weighted by molar-refractivity contribution is 5.71. The molecule has 2 heterocycles. The third-order valence-electron chi connectivity index (χ3n) is 4.02. The fourth-order valence-corrected chi connectivity index (χ4v) is 2.93. The van der Waals surface area contributed by atoms with Gasteiger partial charge >= 0.3 is 0 Å². The first-order chi connectivity index (χ1) is 10.0. The Balaban J connectivity index is 2.09. The van der Waals surface area contributed by atoms with Gasteiger partial charge in [-0.3, -0.25) is 10.3 Å². The molecule has 1 unspecified atom stereocenters.